The van der Waals surface area contributed by atoms with Crippen LogP contribution in [0.5, 0.6) is 5.75 Å². The quantitative estimate of drug-likeness (QED) is 0.582. The van der Waals surface area contributed by atoms with Crippen LogP contribution in [0.1, 0.15) is 17.2 Å². The molecule has 0 fully saturated rings. The number of methoxy groups -OCH3 is 1. The Morgan fingerprint density at radius 2 is 1.79 bits per heavy atom. The molecule has 0 aliphatic rings. The molecule has 0 aliphatic carbocycles. The molecule has 2 aromatic heterocycles. The van der Waals surface area contributed by atoms with Crippen molar-refractivity contribution in [2.24, 2.45) is 0 Å². The Hall–Kier alpha value is -3.38. The van der Waals surface area contributed by atoms with Gasteiger partial charge in [-0.2, -0.15) is 5.10 Å². The maximum atomic E-state index is 12.9. The van der Waals surface area contributed by atoms with E-state index in [0.717, 1.165) is 22.4 Å². The fourth-order valence-electron chi connectivity index (χ4n) is 3.15. The number of ether oxygens (including phenoxy) is 1. The summed E-state index contributed by atoms with van der Waals surface area (Å²) >= 11 is 0. The zero-order valence-corrected chi connectivity index (χ0v) is 15.7. The van der Waals surface area contributed by atoms with Gasteiger partial charge in [-0.1, -0.05) is 29.8 Å². The smallest absolute Gasteiger partial charge is 0.276 e. The predicted octanol–water partition coefficient (Wildman–Crippen LogP) is 3.21. The average Bonchev–Trinajstić information content (AvgIpc) is 3.16. The number of hydrogen-bond donors (Lipinski definition) is 1. The molecule has 28 heavy (non-hydrogen) atoms. The second kappa shape index (κ2) is 7.32. The van der Waals surface area contributed by atoms with Crippen LogP contribution in [0.15, 0.2) is 71.8 Å². The van der Waals surface area contributed by atoms with Crippen molar-refractivity contribution < 1.29 is 9.84 Å². The lowest BCUT2D eigenvalue weighted by molar-refractivity contribution is 0.155. The Morgan fingerprint density at radius 1 is 1.07 bits per heavy atom. The van der Waals surface area contributed by atoms with Crippen molar-refractivity contribution in [3.8, 4) is 17.0 Å². The molecule has 0 amide bonds. The summed E-state index contributed by atoms with van der Waals surface area (Å²) in [4.78, 5) is 12.9. The van der Waals surface area contributed by atoms with E-state index in [9.17, 15) is 9.90 Å². The largest absolute Gasteiger partial charge is 0.497 e. The van der Waals surface area contributed by atoms with E-state index in [-0.39, 0.29) is 12.1 Å². The van der Waals surface area contributed by atoms with Gasteiger partial charge in [-0.25, -0.2) is 4.52 Å². The lowest BCUT2D eigenvalue weighted by Gasteiger charge is -2.13. The van der Waals surface area contributed by atoms with Gasteiger partial charge in [0.2, 0.25) is 0 Å². The normalized spacial score (nSPS) is 12.2. The van der Waals surface area contributed by atoms with Crippen LogP contribution in [-0.2, 0) is 6.54 Å². The van der Waals surface area contributed by atoms with E-state index >= 15 is 0 Å². The van der Waals surface area contributed by atoms with Crippen molar-refractivity contribution >= 4 is 5.52 Å². The van der Waals surface area contributed by atoms with Crippen molar-refractivity contribution in [2.75, 3.05) is 7.11 Å². The molecule has 1 atom stereocenters. The molecule has 0 bridgehead atoms. The highest BCUT2D eigenvalue weighted by Crippen LogP contribution is 2.22. The average molecular weight is 375 g/mol. The van der Waals surface area contributed by atoms with Gasteiger partial charge < -0.3 is 14.4 Å². The van der Waals surface area contributed by atoms with Gasteiger partial charge in [0.15, 0.2) is 0 Å². The predicted molar refractivity (Wildman–Crippen MR) is 108 cm³/mol. The molecule has 142 valence electrons. The summed E-state index contributed by atoms with van der Waals surface area (Å²) in [5.41, 5.74) is 3.78. The van der Waals surface area contributed by atoms with Gasteiger partial charge >= 0.3 is 0 Å². The van der Waals surface area contributed by atoms with Crippen LogP contribution in [-0.4, -0.2) is 26.4 Å². The minimum Gasteiger partial charge on any atom is -0.497 e. The Kier molecular flexibility index (Phi) is 4.71. The summed E-state index contributed by atoms with van der Waals surface area (Å²) in [6.07, 6.45) is 2.62. The third-order valence-corrected chi connectivity index (χ3v) is 4.82. The van der Waals surface area contributed by atoms with Gasteiger partial charge in [0, 0.05) is 18.0 Å². The first kappa shape index (κ1) is 18.0. The standard InChI is InChI=1S/C22H21N3O3/c1-15-3-5-17(6-4-15)21(26)14-24-11-12-25-20(22(24)27)13-19(23-25)16-7-9-18(28-2)10-8-16/h3-13,21,26H,14H2,1-2H3/t21-/m1/s1. The summed E-state index contributed by atoms with van der Waals surface area (Å²) in [7, 11) is 1.62. The molecule has 2 heterocycles. The molecule has 6 heteroatoms. The third kappa shape index (κ3) is 3.42. The van der Waals surface area contributed by atoms with Crippen molar-refractivity contribution in [1.29, 1.82) is 0 Å². The zero-order valence-electron chi connectivity index (χ0n) is 15.7. The van der Waals surface area contributed by atoms with Crippen LogP contribution in [0.3, 0.4) is 0 Å². The van der Waals surface area contributed by atoms with Crippen LogP contribution >= 0.6 is 0 Å². The van der Waals surface area contributed by atoms with Crippen LogP contribution in [0.25, 0.3) is 16.8 Å². The summed E-state index contributed by atoms with van der Waals surface area (Å²) in [5, 5.41) is 15.0. The summed E-state index contributed by atoms with van der Waals surface area (Å²) in [5.74, 6) is 0.764. The first-order valence-electron chi connectivity index (χ1n) is 9.03. The maximum absolute atomic E-state index is 12.9. The van der Waals surface area contributed by atoms with E-state index in [4.69, 9.17) is 4.74 Å². The highest BCUT2D eigenvalue weighted by atomic mass is 16.5. The zero-order chi connectivity index (χ0) is 19.7. The van der Waals surface area contributed by atoms with Crippen LogP contribution < -0.4 is 10.3 Å². The lowest BCUT2D eigenvalue weighted by atomic mass is 10.1. The molecule has 4 rings (SSSR count). The number of rotatable bonds is 5. The molecular weight excluding hydrogens is 354 g/mol. The van der Waals surface area contributed by atoms with Crippen molar-refractivity contribution in [3.63, 3.8) is 0 Å². The molecule has 0 spiro atoms. The van der Waals surface area contributed by atoms with E-state index in [1.807, 2.05) is 55.5 Å². The first-order chi connectivity index (χ1) is 13.5. The summed E-state index contributed by atoms with van der Waals surface area (Å²) < 4.78 is 8.26. The SMILES string of the molecule is COc1ccc(-c2cc3c(=O)n(C[C@@H](O)c4ccc(C)cc4)ccn3n2)cc1. The Balaban J connectivity index is 1.64. The topological polar surface area (TPSA) is 68.8 Å². The minimum atomic E-state index is -0.760. The monoisotopic (exact) mass is 375 g/mol. The summed E-state index contributed by atoms with van der Waals surface area (Å²) in [6, 6.07) is 16.9. The molecule has 4 aromatic rings. The fraction of sp³-hybridized carbons (Fsp3) is 0.182. The van der Waals surface area contributed by atoms with Gasteiger partial charge in [-0.15, -0.1) is 0 Å². The molecule has 6 nitrogen and oxygen atoms in total. The Morgan fingerprint density at radius 3 is 2.46 bits per heavy atom. The fourth-order valence-corrected chi connectivity index (χ4v) is 3.15. The molecule has 0 unspecified atom stereocenters. The molecule has 2 aromatic carbocycles. The van der Waals surface area contributed by atoms with Crippen molar-refractivity contribution in [2.45, 2.75) is 19.6 Å². The van der Waals surface area contributed by atoms with E-state index in [1.165, 1.54) is 4.57 Å². The molecule has 0 aliphatic heterocycles. The number of aromatic nitrogens is 3. The third-order valence-electron chi connectivity index (χ3n) is 4.82. The second-order valence-electron chi connectivity index (χ2n) is 6.77. The Labute approximate surface area is 162 Å². The van der Waals surface area contributed by atoms with Gasteiger partial charge in [-0.05, 0) is 42.8 Å². The molecule has 0 radical (unpaired) electrons. The lowest BCUT2D eigenvalue weighted by Crippen LogP contribution is -2.24. The molecular formula is C22H21N3O3. The van der Waals surface area contributed by atoms with Crippen molar-refractivity contribution in [3.05, 3.63) is 88.5 Å². The molecule has 1 N–H and O–H groups in total. The van der Waals surface area contributed by atoms with Crippen LogP contribution in [0, 0.1) is 6.92 Å². The molecule has 0 saturated carbocycles. The Bertz CT molecular complexity index is 1160. The van der Waals surface area contributed by atoms with Crippen LogP contribution in [0.2, 0.25) is 0 Å². The molecule has 0 saturated heterocycles. The number of hydrogen-bond acceptors (Lipinski definition) is 4. The number of aliphatic hydroxyl groups is 1. The number of fused-ring (bicyclic) bond motifs is 1. The first-order valence-corrected chi connectivity index (χ1v) is 9.03. The van der Waals surface area contributed by atoms with Gasteiger partial charge in [0.25, 0.3) is 5.56 Å². The second-order valence-corrected chi connectivity index (χ2v) is 6.77. The minimum absolute atomic E-state index is 0.182. The van der Waals surface area contributed by atoms with Gasteiger partial charge in [0.05, 0.1) is 25.5 Å². The summed E-state index contributed by atoms with van der Waals surface area (Å²) in [6.45, 7) is 2.18. The van der Waals surface area contributed by atoms with Gasteiger partial charge in [-0.3, -0.25) is 4.79 Å². The van der Waals surface area contributed by atoms with Crippen molar-refractivity contribution in [1.82, 2.24) is 14.2 Å². The van der Waals surface area contributed by atoms with E-state index in [2.05, 4.69) is 5.10 Å². The van der Waals surface area contributed by atoms with E-state index in [1.54, 1.807) is 30.1 Å². The number of nitrogens with zero attached hydrogens (tertiary/aromatic N) is 3. The highest BCUT2D eigenvalue weighted by molar-refractivity contribution is 5.66. The van der Waals surface area contributed by atoms with E-state index in [0.29, 0.717) is 11.2 Å². The highest BCUT2D eigenvalue weighted by Gasteiger charge is 2.13. The number of aryl methyl sites for hydroxylation is 1. The van der Waals surface area contributed by atoms with Gasteiger partial charge in [0.1, 0.15) is 11.3 Å². The number of benzene rings is 2. The number of aliphatic hydroxyl groups excluding tert-OH is 1. The van der Waals surface area contributed by atoms with Crippen LogP contribution in [0.4, 0.5) is 0 Å². The maximum Gasteiger partial charge on any atom is 0.276 e. The van der Waals surface area contributed by atoms with E-state index < -0.39 is 6.10 Å².